The van der Waals surface area contributed by atoms with Gasteiger partial charge in [0.1, 0.15) is 5.82 Å². The number of hydrogen-bond donors (Lipinski definition) is 1. The van der Waals surface area contributed by atoms with Crippen molar-refractivity contribution in [3.05, 3.63) is 35.6 Å². The van der Waals surface area contributed by atoms with Gasteiger partial charge in [-0.2, -0.15) is 0 Å². The maximum atomic E-state index is 13.1. The molecular formula is C15H22FNO2. The monoisotopic (exact) mass is 267 g/mol. The van der Waals surface area contributed by atoms with Crippen LogP contribution in [0.25, 0.3) is 0 Å². The predicted molar refractivity (Wildman–Crippen MR) is 72.6 cm³/mol. The number of benzene rings is 1. The first-order valence-corrected chi connectivity index (χ1v) is 6.71. The Morgan fingerprint density at radius 2 is 1.95 bits per heavy atom. The number of rotatable bonds is 6. The molecule has 106 valence electrons. The van der Waals surface area contributed by atoms with Crippen molar-refractivity contribution < 1.29 is 13.9 Å². The molecule has 0 saturated heterocycles. The molecular weight excluding hydrogens is 245 g/mol. The first kappa shape index (κ1) is 14.4. The Morgan fingerprint density at radius 3 is 2.53 bits per heavy atom. The fourth-order valence-corrected chi connectivity index (χ4v) is 2.74. The van der Waals surface area contributed by atoms with E-state index in [1.54, 1.807) is 26.4 Å². The minimum Gasteiger partial charge on any atom is -0.354 e. The summed E-state index contributed by atoms with van der Waals surface area (Å²) in [5.41, 5.74) is 1.10. The summed E-state index contributed by atoms with van der Waals surface area (Å²) in [6, 6.07) is 7.50. The van der Waals surface area contributed by atoms with E-state index in [1.807, 2.05) is 13.0 Å². The van der Waals surface area contributed by atoms with Crippen LogP contribution in [0.3, 0.4) is 0 Å². The molecule has 1 N–H and O–H groups in total. The molecule has 1 unspecified atom stereocenters. The number of methoxy groups -OCH3 is 2. The lowest BCUT2D eigenvalue weighted by Crippen LogP contribution is -2.49. The summed E-state index contributed by atoms with van der Waals surface area (Å²) in [7, 11) is 3.28. The van der Waals surface area contributed by atoms with Crippen LogP contribution in [0.15, 0.2) is 24.3 Å². The fraction of sp³-hybridized carbons (Fsp3) is 0.600. The van der Waals surface area contributed by atoms with E-state index in [0.29, 0.717) is 12.0 Å². The molecule has 1 aromatic carbocycles. The van der Waals surface area contributed by atoms with Gasteiger partial charge < -0.3 is 14.8 Å². The van der Waals surface area contributed by atoms with Gasteiger partial charge >= 0.3 is 0 Å². The Morgan fingerprint density at radius 1 is 1.26 bits per heavy atom. The van der Waals surface area contributed by atoms with Crippen molar-refractivity contribution in [2.24, 2.45) is 0 Å². The van der Waals surface area contributed by atoms with Crippen LogP contribution in [-0.2, 0) is 9.47 Å². The smallest absolute Gasteiger partial charge is 0.171 e. The second-order valence-electron chi connectivity index (χ2n) is 5.22. The highest BCUT2D eigenvalue weighted by Gasteiger charge is 2.32. The maximum absolute atomic E-state index is 13.1. The average Bonchev–Trinajstić information content (AvgIpc) is 2.34. The maximum Gasteiger partial charge on any atom is 0.171 e. The summed E-state index contributed by atoms with van der Waals surface area (Å²) in [5, 5.41) is 3.49. The minimum absolute atomic E-state index is 0.147. The molecule has 1 aliphatic rings. The van der Waals surface area contributed by atoms with Gasteiger partial charge in [0.05, 0.1) is 6.04 Å². The topological polar surface area (TPSA) is 30.5 Å². The van der Waals surface area contributed by atoms with E-state index in [9.17, 15) is 4.39 Å². The molecule has 0 radical (unpaired) electrons. The van der Waals surface area contributed by atoms with Gasteiger partial charge in [-0.3, -0.25) is 0 Å². The number of ether oxygens (including phenoxy) is 2. The molecule has 1 fully saturated rings. The molecule has 0 amide bonds. The van der Waals surface area contributed by atoms with Crippen LogP contribution in [0.1, 0.15) is 31.2 Å². The molecule has 2 rings (SSSR count). The summed E-state index contributed by atoms with van der Waals surface area (Å²) < 4.78 is 23.6. The average molecular weight is 267 g/mol. The molecule has 0 aliphatic heterocycles. The lowest BCUT2D eigenvalue weighted by Gasteiger charge is -2.39. The van der Waals surface area contributed by atoms with E-state index >= 15 is 0 Å². The Kier molecular flexibility index (Phi) is 4.91. The second-order valence-corrected chi connectivity index (χ2v) is 5.22. The molecule has 1 aliphatic carbocycles. The standard InChI is InChI=1S/C15H22FNO2/c1-10(15(18-2)19-3)17-14-8-12(9-14)11-5-4-6-13(16)7-11/h4-7,10,12,14-15,17H,8-9H2,1-3H3. The second kappa shape index (κ2) is 6.46. The Hall–Kier alpha value is -0.970. The summed E-state index contributed by atoms with van der Waals surface area (Å²) >= 11 is 0. The van der Waals surface area contributed by atoms with Crippen molar-refractivity contribution in [2.45, 2.75) is 44.1 Å². The van der Waals surface area contributed by atoms with Crippen LogP contribution in [-0.4, -0.2) is 32.6 Å². The minimum atomic E-state index is -0.229. The van der Waals surface area contributed by atoms with Gasteiger partial charge in [-0.15, -0.1) is 0 Å². The SMILES string of the molecule is COC(OC)C(C)NC1CC(c2cccc(F)c2)C1. The molecule has 0 heterocycles. The van der Waals surface area contributed by atoms with E-state index in [1.165, 1.54) is 6.07 Å². The molecule has 19 heavy (non-hydrogen) atoms. The Bertz CT molecular complexity index is 403. The summed E-state index contributed by atoms with van der Waals surface area (Å²) in [4.78, 5) is 0. The molecule has 1 atom stereocenters. The van der Waals surface area contributed by atoms with Crippen LogP contribution >= 0.6 is 0 Å². The van der Waals surface area contributed by atoms with Crippen LogP contribution in [0.4, 0.5) is 4.39 Å². The van der Waals surface area contributed by atoms with Gasteiger partial charge in [-0.25, -0.2) is 4.39 Å². The first-order valence-electron chi connectivity index (χ1n) is 6.71. The van der Waals surface area contributed by atoms with Gasteiger partial charge in [-0.1, -0.05) is 12.1 Å². The quantitative estimate of drug-likeness (QED) is 0.804. The van der Waals surface area contributed by atoms with Gasteiger partial charge in [0, 0.05) is 20.3 Å². The van der Waals surface area contributed by atoms with Crippen molar-refractivity contribution >= 4 is 0 Å². The van der Waals surface area contributed by atoms with Crippen molar-refractivity contribution in [2.75, 3.05) is 14.2 Å². The van der Waals surface area contributed by atoms with Gasteiger partial charge in [0.2, 0.25) is 0 Å². The van der Waals surface area contributed by atoms with Gasteiger partial charge in [0.15, 0.2) is 6.29 Å². The number of hydrogen-bond acceptors (Lipinski definition) is 3. The molecule has 0 bridgehead atoms. The van der Waals surface area contributed by atoms with Crippen molar-refractivity contribution in [3.63, 3.8) is 0 Å². The molecule has 1 aromatic rings. The Labute approximate surface area is 114 Å². The van der Waals surface area contributed by atoms with Gasteiger partial charge in [0.25, 0.3) is 0 Å². The number of nitrogens with one attached hydrogen (secondary N) is 1. The lowest BCUT2D eigenvalue weighted by molar-refractivity contribution is -0.122. The zero-order valence-electron chi connectivity index (χ0n) is 11.7. The molecule has 3 nitrogen and oxygen atoms in total. The van der Waals surface area contributed by atoms with Crippen molar-refractivity contribution in [1.29, 1.82) is 0 Å². The third kappa shape index (κ3) is 3.53. The van der Waals surface area contributed by atoms with Crippen molar-refractivity contribution in [1.82, 2.24) is 5.32 Å². The highest BCUT2D eigenvalue weighted by molar-refractivity contribution is 5.23. The van der Waals surface area contributed by atoms with E-state index in [0.717, 1.165) is 18.4 Å². The van der Waals surface area contributed by atoms with Crippen LogP contribution < -0.4 is 5.32 Å². The molecule has 4 heteroatoms. The van der Waals surface area contributed by atoms with Gasteiger partial charge in [-0.05, 0) is 43.4 Å². The summed E-state index contributed by atoms with van der Waals surface area (Å²) in [6.45, 7) is 2.05. The van der Waals surface area contributed by atoms with E-state index in [4.69, 9.17) is 9.47 Å². The van der Waals surface area contributed by atoms with Crippen LogP contribution in [0.5, 0.6) is 0 Å². The zero-order valence-corrected chi connectivity index (χ0v) is 11.7. The van der Waals surface area contributed by atoms with Crippen LogP contribution in [0.2, 0.25) is 0 Å². The highest BCUT2D eigenvalue weighted by Crippen LogP contribution is 2.37. The Balaban J connectivity index is 1.80. The zero-order chi connectivity index (χ0) is 13.8. The molecule has 0 spiro atoms. The predicted octanol–water partition coefficient (Wildman–Crippen LogP) is 2.67. The number of halogens is 1. The van der Waals surface area contributed by atoms with E-state index in [-0.39, 0.29) is 18.1 Å². The summed E-state index contributed by atoms with van der Waals surface area (Å²) in [5.74, 6) is 0.310. The third-order valence-electron chi connectivity index (χ3n) is 3.83. The fourth-order valence-electron chi connectivity index (χ4n) is 2.74. The first-order chi connectivity index (χ1) is 9.13. The normalized spacial score (nSPS) is 24.3. The van der Waals surface area contributed by atoms with Crippen molar-refractivity contribution in [3.8, 4) is 0 Å². The third-order valence-corrected chi connectivity index (χ3v) is 3.83. The van der Waals surface area contributed by atoms with E-state index in [2.05, 4.69) is 5.32 Å². The largest absolute Gasteiger partial charge is 0.354 e. The van der Waals surface area contributed by atoms with E-state index < -0.39 is 0 Å². The molecule has 0 aromatic heterocycles. The summed E-state index contributed by atoms with van der Waals surface area (Å²) in [6.07, 6.45) is 1.84. The highest BCUT2D eigenvalue weighted by atomic mass is 19.1. The van der Waals surface area contributed by atoms with Crippen LogP contribution in [0, 0.1) is 5.82 Å². The lowest BCUT2D eigenvalue weighted by atomic mass is 9.75. The molecule has 1 saturated carbocycles.